The fourth-order valence-electron chi connectivity index (χ4n) is 1.69. The molecule has 98 valence electrons. The minimum absolute atomic E-state index is 0.0613. The molecule has 19 heavy (non-hydrogen) atoms. The van der Waals surface area contributed by atoms with Gasteiger partial charge >= 0.3 is 0 Å². The molecule has 0 saturated carbocycles. The number of methoxy groups -OCH3 is 1. The van der Waals surface area contributed by atoms with Gasteiger partial charge in [-0.25, -0.2) is 4.98 Å². The molecule has 1 aromatic carbocycles. The lowest BCUT2D eigenvalue weighted by atomic mass is 10.2. The second-order valence-electron chi connectivity index (χ2n) is 4.05. The lowest BCUT2D eigenvalue weighted by Crippen LogP contribution is -2.03. The number of ketones is 1. The summed E-state index contributed by atoms with van der Waals surface area (Å²) in [6.07, 6.45) is 1.60. The van der Waals surface area contributed by atoms with Crippen molar-refractivity contribution < 1.29 is 14.3 Å². The minimum atomic E-state index is -0.0613. The number of hydrogen-bond donors (Lipinski definition) is 0. The molecule has 0 radical (unpaired) electrons. The molecule has 0 amide bonds. The molecular formula is C15H15NO3. The van der Waals surface area contributed by atoms with Crippen LogP contribution in [0.2, 0.25) is 0 Å². The van der Waals surface area contributed by atoms with Crippen LogP contribution in [0.25, 0.3) is 0 Å². The van der Waals surface area contributed by atoms with E-state index in [1.165, 1.54) is 6.92 Å². The summed E-state index contributed by atoms with van der Waals surface area (Å²) in [5, 5.41) is 0. The molecule has 4 heteroatoms. The third-order valence-electron chi connectivity index (χ3n) is 2.66. The molecule has 1 heterocycles. The fraction of sp³-hybridized carbons (Fsp3) is 0.200. The number of carbonyl (C=O) groups excluding carboxylic acids is 1. The van der Waals surface area contributed by atoms with Gasteiger partial charge in [-0.15, -0.1) is 0 Å². The molecule has 0 aliphatic heterocycles. The maximum atomic E-state index is 11.4. The molecular weight excluding hydrogens is 242 g/mol. The van der Waals surface area contributed by atoms with Crippen molar-refractivity contribution in [2.24, 2.45) is 0 Å². The Balaban J connectivity index is 2.12. The molecule has 0 spiro atoms. The van der Waals surface area contributed by atoms with Crippen molar-refractivity contribution in [3.63, 3.8) is 0 Å². The van der Waals surface area contributed by atoms with Crippen molar-refractivity contribution in [2.75, 3.05) is 7.11 Å². The van der Waals surface area contributed by atoms with Crippen LogP contribution in [0.3, 0.4) is 0 Å². The van der Waals surface area contributed by atoms with Gasteiger partial charge in [-0.3, -0.25) is 4.79 Å². The van der Waals surface area contributed by atoms with Crippen LogP contribution in [0.1, 0.15) is 22.8 Å². The molecule has 2 aromatic rings. The first-order chi connectivity index (χ1) is 9.20. The predicted molar refractivity (Wildman–Crippen MR) is 71.6 cm³/mol. The number of ether oxygens (including phenoxy) is 2. The Morgan fingerprint density at radius 3 is 2.84 bits per heavy atom. The van der Waals surface area contributed by atoms with Crippen LogP contribution in [0.4, 0.5) is 0 Å². The highest BCUT2D eigenvalue weighted by atomic mass is 16.5. The third-order valence-corrected chi connectivity index (χ3v) is 2.66. The Morgan fingerprint density at radius 2 is 2.11 bits per heavy atom. The Bertz CT molecular complexity index is 581. The molecule has 0 bridgehead atoms. The Kier molecular flexibility index (Phi) is 4.13. The second-order valence-corrected chi connectivity index (χ2v) is 4.05. The van der Waals surface area contributed by atoms with Gasteiger partial charge in [0.15, 0.2) is 5.78 Å². The van der Waals surface area contributed by atoms with Gasteiger partial charge in [0.25, 0.3) is 0 Å². The Hall–Kier alpha value is -2.36. The van der Waals surface area contributed by atoms with Crippen LogP contribution >= 0.6 is 0 Å². The molecule has 0 aliphatic carbocycles. The maximum Gasteiger partial charge on any atom is 0.224 e. The molecule has 0 atom stereocenters. The summed E-state index contributed by atoms with van der Waals surface area (Å²) < 4.78 is 10.7. The molecule has 0 saturated heterocycles. The van der Waals surface area contributed by atoms with Gasteiger partial charge in [0, 0.05) is 6.20 Å². The number of benzene rings is 1. The molecule has 0 unspecified atom stereocenters. The van der Waals surface area contributed by atoms with Crippen LogP contribution in [0.15, 0.2) is 42.6 Å². The normalized spacial score (nSPS) is 10.0. The van der Waals surface area contributed by atoms with E-state index in [1.54, 1.807) is 25.4 Å². The van der Waals surface area contributed by atoms with Gasteiger partial charge in [0.1, 0.15) is 12.4 Å². The Labute approximate surface area is 112 Å². The Morgan fingerprint density at radius 1 is 1.26 bits per heavy atom. The average Bonchev–Trinajstić information content (AvgIpc) is 2.45. The van der Waals surface area contributed by atoms with E-state index in [2.05, 4.69) is 4.98 Å². The quantitative estimate of drug-likeness (QED) is 0.773. The molecule has 0 N–H and O–H groups in total. The van der Waals surface area contributed by atoms with Crippen LogP contribution in [-0.4, -0.2) is 17.9 Å². The lowest BCUT2D eigenvalue weighted by Gasteiger charge is -2.09. The van der Waals surface area contributed by atoms with Gasteiger partial charge < -0.3 is 9.47 Å². The summed E-state index contributed by atoms with van der Waals surface area (Å²) in [5.74, 6) is 1.07. The smallest absolute Gasteiger partial charge is 0.224 e. The van der Waals surface area contributed by atoms with Gasteiger partial charge in [0.05, 0.1) is 12.7 Å². The first-order valence-corrected chi connectivity index (χ1v) is 5.92. The first-order valence-electron chi connectivity index (χ1n) is 5.92. The SMILES string of the molecule is COc1cccc(COc2ncccc2C(C)=O)c1. The van der Waals surface area contributed by atoms with Crippen LogP contribution in [0, 0.1) is 0 Å². The topological polar surface area (TPSA) is 48.4 Å². The first kappa shape index (κ1) is 13.1. The highest BCUT2D eigenvalue weighted by molar-refractivity contribution is 5.96. The number of carbonyl (C=O) groups is 1. The highest BCUT2D eigenvalue weighted by Gasteiger charge is 2.09. The van der Waals surface area contributed by atoms with Gasteiger partial charge in [-0.1, -0.05) is 12.1 Å². The minimum Gasteiger partial charge on any atom is -0.497 e. The summed E-state index contributed by atoms with van der Waals surface area (Å²) in [7, 11) is 1.62. The number of hydrogen-bond acceptors (Lipinski definition) is 4. The van der Waals surface area contributed by atoms with Crippen molar-refractivity contribution in [3.05, 3.63) is 53.7 Å². The number of Topliss-reactive ketones (excluding diaryl/α,β-unsaturated/α-hetero) is 1. The van der Waals surface area contributed by atoms with Crippen molar-refractivity contribution in [1.29, 1.82) is 0 Å². The van der Waals surface area contributed by atoms with Crippen molar-refractivity contribution >= 4 is 5.78 Å². The monoisotopic (exact) mass is 257 g/mol. The zero-order valence-electron chi connectivity index (χ0n) is 10.9. The van der Waals surface area contributed by atoms with E-state index < -0.39 is 0 Å². The third kappa shape index (κ3) is 3.31. The summed E-state index contributed by atoms with van der Waals surface area (Å²) in [6, 6.07) is 11.0. The van der Waals surface area contributed by atoms with E-state index >= 15 is 0 Å². The molecule has 0 fully saturated rings. The van der Waals surface area contributed by atoms with Crippen molar-refractivity contribution in [1.82, 2.24) is 4.98 Å². The second kappa shape index (κ2) is 6.00. The van der Waals surface area contributed by atoms with E-state index in [9.17, 15) is 4.79 Å². The zero-order valence-corrected chi connectivity index (χ0v) is 10.9. The summed E-state index contributed by atoms with van der Waals surface area (Å²) in [4.78, 5) is 15.5. The molecule has 0 aliphatic rings. The molecule has 1 aromatic heterocycles. The van der Waals surface area contributed by atoms with E-state index in [-0.39, 0.29) is 5.78 Å². The summed E-state index contributed by atoms with van der Waals surface area (Å²) in [5.41, 5.74) is 1.45. The van der Waals surface area contributed by atoms with Crippen LogP contribution in [-0.2, 0) is 6.61 Å². The van der Waals surface area contributed by atoms with Crippen LogP contribution < -0.4 is 9.47 Å². The lowest BCUT2D eigenvalue weighted by molar-refractivity contribution is 0.101. The average molecular weight is 257 g/mol. The van der Waals surface area contributed by atoms with Crippen molar-refractivity contribution in [3.8, 4) is 11.6 Å². The van der Waals surface area contributed by atoms with Gasteiger partial charge in [0.2, 0.25) is 5.88 Å². The fourth-order valence-corrected chi connectivity index (χ4v) is 1.69. The van der Waals surface area contributed by atoms with E-state index in [0.29, 0.717) is 18.1 Å². The van der Waals surface area contributed by atoms with Crippen LogP contribution in [0.5, 0.6) is 11.6 Å². The van der Waals surface area contributed by atoms with Crippen molar-refractivity contribution in [2.45, 2.75) is 13.5 Å². The zero-order chi connectivity index (χ0) is 13.7. The standard InChI is InChI=1S/C15H15NO3/c1-11(17)14-7-4-8-16-15(14)19-10-12-5-3-6-13(9-12)18-2/h3-9H,10H2,1-2H3. The molecule has 2 rings (SSSR count). The molecule has 4 nitrogen and oxygen atoms in total. The summed E-state index contributed by atoms with van der Waals surface area (Å²) in [6.45, 7) is 1.84. The number of aromatic nitrogens is 1. The summed E-state index contributed by atoms with van der Waals surface area (Å²) >= 11 is 0. The number of rotatable bonds is 5. The van der Waals surface area contributed by atoms with E-state index in [4.69, 9.17) is 9.47 Å². The number of nitrogens with zero attached hydrogens (tertiary/aromatic N) is 1. The van der Waals surface area contributed by atoms with Gasteiger partial charge in [-0.2, -0.15) is 0 Å². The maximum absolute atomic E-state index is 11.4. The highest BCUT2D eigenvalue weighted by Crippen LogP contribution is 2.18. The largest absolute Gasteiger partial charge is 0.497 e. The van der Waals surface area contributed by atoms with E-state index in [1.807, 2.05) is 24.3 Å². The van der Waals surface area contributed by atoms with E-state index in [0.717, 1.165) is 11.3 Å². The number of pyridine rings is 1. The predicted octanol–water partition coefficient (Wildman–Crippen LogP) is 2.87. The van der Waals surface area contributed by atoms with Gasteiger partial charge in [-0.05, 0) is 36.8 Å².